The molecule has 0 heterocycles. The molecule has 2 nitrogen and oxygen atoms in total. The van der Waals surface area contributed by atoms with Crippen molar-refractivity contribution in [1.29, 1.82) is 0 Å². The minimum atomic E-state index is -1.48. The number of rotatable bonds is 6. The maximum atomic E-state index is 13.4. The molecule has 6 heteroatoms. The molecule has 0 bridgehead atoms. The lowest BCUT2D eigenvalue weighted by Gasteiger charge is -2.20. The molecule has 2 rings (SSSR count). The van der Waals surface area contributed by atoms with Crippen molar-refractivity contribution in [3.8, 4) is 5.75 Å². The Kier molecular flexibility index (Phi) is 5.45. The molecule has 0 spiro atoms. The van der Waals surface area contributed by atoms with Crippen LogP contribution < -0.4 is 10.1 Å². The largest absolute Gasteiger partial charge is 0.487 e. The van der Waals surface area contributed by atoms with Crippen LogP contribution in [0, 0.1) is 29.2 Å². The first-order valence-electron chi connectivity index (χ1n) is 7.23. The van der Waals surface area contributed by atoms with Crippen LogP contribution in [0.25, 0.3) is 0 Å². The molecule has 118 valence electrons. The van der Waals surface area contributed by atoms with Gasteiger partial charge in [0.05, 0.1) is 6.61 Å². The second-order valence-corrected chi connectivity index (χ2v) is 5.29. The fraction of sp³-hybridized carbons (Fsp3) is 0.600. The smallest absolute Gasteiger partial charge is 0.203 e. The van der Waals surface area contributed by atoms with E-state index in [9.17, 15) is 17.6 Å². The quantitative estimate of drug-likeness (QED) is 0.638. The van der Waals surface area contributed by atoms with Crippen molar-refractivity contribution in [2.45, 2.75) is 38.6 Å². The fourth-order valence-corrected chi connectivity index (χ4v) is 2.90. The molecule has 0 aromatic heterocycles. The van der Waals surface area contributed by atoms with Crippen molar-refractivity contribution in [2.24, 2.45) is 5.92 Å². The van der Waals surface area contributed by atoms with Gasteiger partial charge in [0.25, 0.3) is 0 Å². The van der Waals surface area contributed by atoms with Gasteiger partial charge in [-0.25, -0.2) is 8.78 Å². The molecule has 2 atom stereocenters. The van der Waals surface area contributed by atoms with Gasteiger partial charge < -0.3 is 10.1 Å². The maximum absolute atomic E-state index is 13.4. The van der Waals surface area contributed by atoms with Gasteiger partial charge in [-0.3, -0.25) is 0 Å². The topological polar surface area (TPSA) is 21.3 Å². The minimum Gasteiger partial charge on any atom is -0.487 e. The highest BCUT2D eigenvalue weighted by molar-refractivity contribution is 5.28. The molecule has 0 saturated heterocycles. The molecular weight excluding hydrogens is 286 g/mol. The second kappa shape index (κ2) is 7.11. The zero-order valence-corrected chi connectivity index (χ0v) is 11.9. The summed E-state index contributed by atoms with van der Waals surface area (Å²) in [6, 6.07) is 0.549. The molecule has 0 amide bonds. The molecule has 1 saturated carbocycles. The summed E-state index contributed by atoms with van der Waals surface area (Å²) in [5, 5.41) is 3.36. The number of benzene rings is 1. The zero-order valence-electron chi connectivity index (χ0n) is 11.9. The summed E-state index contributed by atoms with van der Waals surface area (Å²) < 4.78 is 57.9. The number of ether oxygens (including phenoxy) is 1. The summed E-state index contributed by atoms with van der Waals surface area (Å²) >= 11 is 0. The average Bonchev–Trinajstić information content (AvgIpc) is 2.88. The zero-order chi connectivity index (χ0) is 15.4. The molecule has 1 aliphatic rings. The van der Waals surface area contributed by atoms with Crippen LogP contribution in [0.3, 0.4) is 0 Å². The summed E-state index contributed by atoms with van der Waals surface area (Å²) in [5.41, 5.74) is 0. The Morgan fingerprint density at radius 3 is 2.43 bits per heavy atom. The van der Waals surface area contributed by atoms with Gasteiger partial charge in [0.1, 0.15) is 0 Å². The SMILES string of the molecule is CCNC1CCCC1CCOc1c(F)c(F)cc(F)c1F. The van der Waals surface area contributed by atoms with E-state index >= 15 is 0 Å². The van der Waals surface area contributed by atoms with Crippen molar-refractivity contribution in [2.75, 3.05) is 13.2 Å². The van der Waals surface area contributed by atoms with E-state index < -0.39 is 29.0 Å². The van der Waals surface area contributed by atoms with Crippen LogP contribution in [0.5, 0.6) is 5.75 Å². The van der Waals surface area contributed by atoms with Crippen LogP contribution in [0.4, 0.5) is 17.6 Å². The number of nitrogens with one attached hydrogen (secondary N) is 1. The third-order valence-electron chi connectivity index (χ3n) is 3.93. The van der Waals surface area contributed by atoms with Gasteiger partial charge in [-0.1, -0.05) is 13.3 Å². The Morgan fingerprint density at radius 2 is 1.81 bits per heavy atom. The number of hydrogen-bond donors (Lipinski definition) is 1. The Balaban J connectivity index is 1.95. The van der Waals surface area contributed by atoms with Gasteiger partial charge in [0, 0.05) is 12.1 Å². The summed E-state index contributed by atoms with van der Waals surface area (Å²) in [5.74, 6) is -6.47. The molecule has 0 aliphatic heterocycles. The minimum absolute atomic E-state index is 0.0310. The Hall–Kier alpha value is -1.30. The van der Waals surface area contributed by atoms with Crippen molar-refractivity contribution in [1.82, 2.24) is 5.32 Å². The lowest BCUT2D eigenvalue weighted by molar-refractivity contribution is 0.235. The van der Waals surface area contributed by atoms with E-state index in [1.54, 1.807) is 0 Å². The first kappa shape index (κ1) is 16.1. The predicted molar refractivity (Wildman–Crippen MR) is 71.2 cm³/mol. The molecule has 2 unspecified atom stereocenters. The van der Waals surface area contributed by atoms with Gasteiger partial charge in [0.15, 0.2) is 17.4 Å². The highest BCUT2D eigenvalue weighted by Gasteiger charge is 2.27. The standard InChI is InChI=1S/C15H19F4NO/c1-2-20-12-5-3-4-9(12)6-7-21-15-13(18)10(16)8-11(17)14(15)19/h8-9,12,20H,2-7H2,1H3. The van der Waals surface area contributed by atoms with Gasteiger partial charge in [-0.15, -0.1) is 0 Å². The summed E-state index contributed by atoms with van der Waals surface area (Å²) in [7, 11) is 0. The molecule has 1 aromatic carbocycles. The van der Waals surface area contributed by atoms with E-state index in [0.29, 0.717) is 18.4 Å². The fourth-order valence-electron chi connectivity index (χ4n) is 2.90. The number of halogens is 4. The molecule has 1 fully saturated rings. The summed E-state index contributed by atoms with van der Waals surface area (Å²) in [6.07, 6.45) is 3.77. The van der Waals surface area contributed by atoms with Gasteiger partial charge in [0.2, 0.25) is 11.6 Å². The molecular formula is C15H19F4NO. The predicted octanol–water partition coefficient (Wildman–Crippen LogP) is 3.79. The second-order valence-electron chi connectivity index (χ2n) is 5.29. The molecule has 1 N–H and O–H groups in total. The lowest BCUT2D eigenvalue weighted by Crippen LogP contribution is -2.32. The molecule has 0 radical (unpaired) electrons. The van der Waals surface area contributed by atoms with Crippen molar-refractivity contribution in [3.63, 3.8) is 0 Å². The van der Waals surface area contributed by atoms with Crippen LogP contribution >= 0.6 is 0 Å². The summed E-state index contributed by atoms with van der Waals surface area (Å²) in [4.78, 5) is 0. The van der Waals surface area contributed by atoms with Gasteiger partial charge in [-0.05, 0) is 31.7 Å². The van der Waals surface area contributed by atoms with E-state index in [0.717, 1.165) is 25.8 Å². The highest BCUT2D eigenvalue weighted by Crippen LogP contribution is 2.30. The van der Waals surface area contributed by atoms with E-state index in [1.165, 1.54) is 0 Å². The molecule has 1 aliphatic carbocycles. The third-order valence-corrected chi connectivity index (χ3v) is 3.93. The van der Waals surface area contributed by atoms with E-state index in [4.69, 9.17) is 4.74 Å². The van der Waals surface area contributed by atoms with Crippen LogP contribution in [0.1, 0.15) is 32.6 Å². The number of hydrogen-bond acceptors (Lipinski definition) is 2. The van der Waals surface area contributed by atoms with Crippen LogP contribution in [0.15, 0.2) is 6.07 Å². The Morgan fingerprint density at radius 1 is 1.14 bits per heavy atom. The van der Waals surface area contributed by atoms with Crippen molar-refractivity contribution < 1.29 is 22.3 Å². The first-order valence-corrected chi connectivity index (χ1v) is 7.23. The molecule has 21 heavy (non-hydrogen) atoms. The highest BCUT2D eigenvalue weighted by atomic mass is 19.2. The van der Waals surface area contributed by atoms with Gasteiger partial charge in [-0.2, -0.15) is 8.78 Å². The maximum Gasteiger partial charge on any atom is 0.203 e. The van der Waals surface area contributed by atoms with E-state index in [1.807, 2.05) is 6.92 Å². The van der Waals surface area contributed by atoms with Gasteiger partial charge >= 0.3 is 0 Å². The third kappa shape index (κ3) is 3.67. The van der Waals surface area contributed by atoms with Crippen LogP contribution in [0.2, 0.25) is 0 Å². The van der Waals surface area contributed by atoms with E-state index in [2.05, 4.69) is 5.32 Å². The van der Waals surface area contributed by atoms with Crippen LogP contribution in [-0.2, 0) is 0 Å². The Bertz CT molecular complexity index is 469. The normalized spacial score (nSPS) is 21.8. The van der Waals surface area contributed by atoms with E-state index in [-0.39, 0.29) is 12.7 Å². The average molecular weight is 305 g/mol. The first-order chi connectivity index (χ1) is 10.0. The lowest BCUT2D eigenvalue weighted by atomic mass is 10.00. The van der Waals surface area contributed by atoms with Crippen molar-refractivity contribution >= 4 is 0 Å². The monoisotopic (exact) mass is 305 g/mol. The van der Waals surface area contributed by atoms with Crippen LogP contribution in [-0.4, -0.2) is 19.2 Å². The summed E-state index contributed by atoms with van der Waals surface area (Å²) in [6.45, 7) is 2.91. The van der Waals surface area contributed by atoms with Crippen molar-refractivity contribution in [3.05, 3.63) is 29.3 Å². The Labute approximate surface area is 121 Å². The molecule has 1 aromatic rings.